The van der Waals surface area contributed by atoms with E-state index in [1.165, 1.54) is 24.0 Å². The summed E-state index contributed by atoms with van der Waals surface area (Å²) in [6.45, 7) is 1.75. The number of carboxylic acids is 1. The van der Waals surface area contributed by atoms with E-state index in [1.807, 2.05) is 30.3 Å². The molecule has 2 saturated carbocycles. The lowest BCUT2D eigenvalue weighted by Crippen LogP contribution is -2.36. The van der Waals surface area contributed by atoms with E-state index in [0.717, 1.165) is 42.7 Å². The van der Waals surface area contributed by atoms with Crippen LogP contribution in [-0.2, 0) is 17.5 Å². The molecule has 5 nitrogen and oxygen atoms in total. The molecule has 0 bridgehead atoms. The number of para-hydroxylation sites is 1. The number of carboxylic acid groups (broad SMARTS) is 1. The predicted molar refractivity (Wildman–Crippen MR) is 127 cm³/mol. The number of amides is 1. The van der Waals surface area contributed by atoms with E-state index in [9.17, 15) is 14.7 Å². The summed E-state index contributed by atoms with van der Waals surface area (Å²) in [5.74, 6) is -0.995. The number of carbonyl (C=O) groups excluding carboxylic acids is 1. The molecule has 1 aliphatic heterocycles. The number of hydrogen-bond acceptors (Lipinski definition) is 3. The molecule has 2 fully saturated rings. The summed E-state index contributed by atoms with van der Waals surface area (Å²) in [4.78, 5) is 27.2. The third-order valence-electron chi connectivity index (χ3n) is 7.52. The van der Waals surface area contributed by atoms with Crippen LogP contribution < -0.4 is 10.2 Å². The SMILES string of the molecule is O=C(O)c1ccc(C2(NC(=O)c3cccc4c3N(Cc3ccccc3)CC43CC3)CC2)cc1. The van der Waals surface area contributed by atoms with Crippen molar-refractivity contribution in [2.24, 2.45) is 0 Å². The lowest BCUT2D eigenvalue weighted by molar-refractivity contribution is 0.0696. The van der Waals surface area contributed by atoms with E-state index in [1.54, 1.807) is 12.1 Å². The van der Waals surface area contributed by atoms with Gasteiger partial charge in [-0.2, -0.15) is 0 Å². The van der Waals surface area contributed by atoms with Crippen molar-refractivity contribution in [1.29, 1.82) is 0 Å². The van der Waals surface area contributed by atoms with E-state index in [4.69, 9.17) is 0 Å². The van der Waals surface area contributed by atoms with Gasteiger partial charge in [0.25, 0.3) is 5.91 Å². The first-order valence-electron chi connectivity index (χ1n) is 11.6. The number of benzene rings is 3. The maximum absolute atomic E-state index is 13.6. The van der Waals surface area contributed by atoms with Gasteiger partial charge in [0.2, 0.25) is 0 Å². The first kappa shape index (κ1) is 20.0. The van der Waals surface area contributed by atoms with Crippen LogP contribution in [0.1, 0.15) is 63.1 Å². The van der Waals surface area contributed by atoms with Crippen molar-refractivity contribution in [3.05, 3.63) is 101 Å². The van der Waals surface area contributed by atoms with Gasteiger partial charge >= 0.3 is 5.97 Å². The van der Waals surface area contributed by atoms with Gasteiger partial charge in [-0.1, -0.05) is 54.6 Å². The highest BCUT2D eigenvalue weighted by Gasteiger charge is 2.53. The summed E-state index contributed by atoms with van der Waals surface area (Å²) >= 11 is 0. The molecule has 0 unspecified atom stereocenters. The second-order valence-corrected chi connectivity index (χ2v) is 9.74. The quantitative estimate of drug-likeness (QED) is 0.577. The van der Waals surface area contributed by atoms with Gasteiger partial charge in [-0.05, 0) is 60.6 Å². The zero-order chi connectivity index (χ0) is 22.6. The van der Waals surface area contributed by atoms with Gasteiger partial charge in [0, 0.05) is 18.5 Å². The standard InChI is InChI=1S/C28H26N2O3/c31-25(29-28(15-16-28)21-11-9-20(10-12-21)26(32)33)22-7-4-8-23-24(22)30(18-27(23)13-14-27)17-19-5-2-1-3-6-19/h1-12H,13-18H2,(H,29,31)(H,32,33). The molecule has 5 heteroatoms. The predicted octanol–water partition coefficient (Wildman–Crippen LogP) is 4.86. The molecular weight excluding hydrogens is 412 g/mol. The van der Waals surface area contributed by atoms with Crippen LogP contribution in [0.5, 0.6) is 0 Å². The van der Waals surface area contributed by atoms with Crippen LogP contribution in [0.3, 0.4) is 0 Å². The molecule has 2 N–H and O–H groups in total. The normalized spacial score (nSPS) is 18.6. The van der Waals surface area contributed by atoms with E-state index in [0.29, 0.717) is 0 Å². The summed E-state index contributed by atoms with van der Waals surface area (Å²) in [5.41, 5.74) is 5.38. The molecule has 3 aliphatic rings. The Kier molecular flexibility index (Phi) is 4.37. The maximum Gasteiger partial charge on any atom is 0.335 e. The fraction of sp³-hybridized carbons (Fsp3) is 0.286. The van der Waals surface area contributed by atoms with E-state index >= 15 is 0 Å². The van der Waals surface area contributed by atoms with Crippen molar-refractivity contribution in [2.45, 2.75) is 43.2 Å². The van der Waals surface area contributed by atoms with Crippen LogP contribution in [0.25, 0.3) is 0 Å². The molecule has 0 aromatic heterocycles. The van der Waals surface area contributed by atoms with Crippen molar-refractivity contribution in [3.8, 4) is 0 Å². The fourth-order valence-corrected chi connectivity index (χ4v) is 5.37. The Hall–Kier alpha value is -3.60. The first-order chi connectivity index (χ1) is 16.0. The van der Waals surface area contributed by atoms with Gasteiger partial charge in [0.05, 0.1) is 22.4 Å². The van der Waals surface area contributed by atoms with Crippen molar-refractivity contribution in [3.63, 3.8) is 0 Å². The number of nitrogens with zero attached hydrogens (tertiary/aromatic N) is 1. The zero-order valence-corrected chi connectivity index (χ0v) is 18.4. The Morgan fingerprint density at radius 3 is 2.24 bits per heavy atom. The second-order valence-electron chi connectivity index (χ2n) is 9.74. The highest BCUT2D eigenvalue weighted by Crippen LogP contribution is 2.57. The van der Waals surface area contributed by atoms with E-state index in [2.05, 4.69) is 40.5 Å². The second kappa shape index (κ2) is 7.20. The van der Waals surface area contributed by atoms with Gasteiger partial charge in [-0.15, -0.1) is 0 Å². The average molecular weight is 439 g/mol. The maximum atomic E-state index is 13.6. The van der Waals surface area contributed by atoms with Crippen molar-refractivity contribution >= 4 is 17.6 Å². The van der Waals surface area contributed by atoms with Gasteiger partial charge in [-0.3, -0.25) is 4.79 Å². The Bertz CT molecular complexity index is 1240. The number of fused-ring (bicyclic) bond motifs is 2. The fourth-order valence-electron chi connectivity index (χ4n) is 5.37. The molecule has 6 rings (SSSR count). The van der Waals surface area contributed by atoms with E-state index in [-0.39, 0.29) is 16.9 Å². The molecule has 33 heavy (non-hydrogen) atoms. The number of rotatable bonds is 6. The molecule has 0 radical (unpaired) electrons. The molecule has 1 heterocycles. The lowest BCUT2D eigenvalue weighted by atomic mass is 9.96. The number of hydrogen-bond donors (Lipinski definition) is 2. The molecule has 3 aromatic carbocycles. The molecule has 3 aromatic rings. The minimum Gasteiger partial charge on any atom is -0.478 e. The minimum absolute atomic E-state index is 0.0533. The van der Waals surface area contributed by atoms with Crippen LogP contribution in [-0.4, -0.2) is 23.5 Å². The monoisotopic (exact) mass is 438 g/mol. The summed E-state index contributed by atoms with van der Waals surface area (Å²) < 4.78 is 0. The Morgan fingerprint density at radius 2 is 1.61 bits per heavy atom. The number of anilines is 1. The van der Waals surface area contributed by atoms with Gasteiger partial charge in [0.15, 0.2) is 0 Å². The summed E-state index contributed by atoms with van der Waals surface area (Å²) in [6.07, 6.45) is 4.07. The summed E-state index contributed by atoms with van der Waals surface area (Å²) in [7, 11) is 0. The van der Waals surface area contributed by atoms with Gasteiger partial charge in [-0.25, -0.2) is 4.79 Å². The Balaban J connectivity index is 1.30. The molecule has 2 aliphatic carbocycles. The van der Waals surface area contributed by atoms with Crippen LogP contribution in [0.15, 0.2) is 72.8 Å². The number of carbonyl (C=O) groups is 2. The molecular formula is C28H26N2O3. The Labute approximate surface area is 193 Å². The first-order valence-corrected chi connectivity index (χ1v) is 11.6. The van der Waals surface area contributed by atoms with Gasteiger partial charge < -0.3 is 15.3 Å². The highest BCUT2D eigenvalue weighted by atomic mass is 16.4. The third-order valence-corrected chi connectivity index (χ3v) is 7.52. The smallest absolute Gasteiger partial charge is 0.335 e. The van der Waals surface area contributed by atoms with Crippen LogP contribution in [0.2, 0.25) is 0 Å². The average Bonchev–Trinajstić information content (AvgIpc) is 3.75. The summed E-state index contributed by atoms with van der Waals surface area (Å²) in [5, 5.41) is 12.5. The molecule has 1 amide bonds. The van der Waals surface area contributed by atoms with Crippen molar-refractivity contribution < 1.29 is 14.7 Å². The lowest BCUT2D eigenvalue weighted by Gasteiger charge is -2.24. The highest BCUT2D eigenvalue weighted by molar-refractivity contribution is 6.02. The topological polar surface area (TPSA) is 69.6 Å². The van der Waals surface area contributed by atoms with Crippen molar-refractivity contribution in [1.82, 2.24) is 5.32 Å². The number of aromatic carboxylic acids is 1. The van der Waals surface area contributed by atoms with Gasteiger partial charge in [0.1, 0.15) is 0 Å². The van der Waals surface area contributed by atoms with Crippen LogP contribution >= 0.6 is 0 Å². The third kappa shape index (κ3) is 3.39. The summed E-state index contributed by atoms with van der Waals surface area (Å²) in [6, 6.07) is 23.5. The molecule has 1 spiro atoms. The van der Waals surface area contributed by atoms with Crippen LogP contribution in [0.4, 0.5) is 5.69 Å². The van der Waals surface area contributed by atoms with Crippen molar-refractivity contribution in [2.75, 3.05) is 11.4 Å². The Morgan fingerprint density at radius 1 is 0.879 bits per heavy atom. The van der Waals surface area contributed by atoms with E-state index < -0.39 is 11.5 Å². The molecule has 0 atom stereocenters. The molecule has 0 saturated heterocycles. The molecule has 166 valence electrons. The van der Waals surface area contributed by atoms with Crippen LogP contribution in [0, 0.1) is 0 Å². The largest absolute Gasteiger partial charge is 0.478 e. The zero-order valence-electron chi connectivity index (χ0n) is 18.4. The number of nitrogens with one attached hydrogen (secondary N) is 1. The minimum atomic E-state index is -0.942.